The number of hydrogen-bond acceptors (Lipinski definition) is 5. The SMILES string of the molecule is CCN(CC)CCCN1C(=O)c2oc3cc(OC)ccc3c(=O)c2C1c1ccc(F)cc1. The molecule has 168 valence electrons. The van der Waals surface area contributed by atoms with Crippen LogP contribution in [0.2, 0.25) is 0 Å². The van der Waals surface area contributed by atoms with Gasteiger partial charge in [0.15, 0.2) is 5.43 Å². The molecule has 0 radical (unpaired) electrons. The topological polar surface area (TPSA) is 63.0 Å². The number of rotatable bonds is 8. The first-order valence-electron chi connectivity index (χ1n) is 10.9. The maximum atomic E-state index is 13.6. The minimum atomic E-state index is -0.613. The third-order valence-electron chi connectivity index (χ3n) is 6.13. The summed E-state index contributed by atoms with van der Waals surface area (Å²) >= 11 is 0. The fourth-order valence-electron chi connectivity index (χ4n) is 4.35. The van der Waals surface area contributed by atoms with Crippen LogP contribution in [0.25, 0.3) is 11.0 Å². The highest BCUT2D eigenvalue weighted by atomic mass is 19.1. The fraction of sp³-hybridized carbons (Fsp3) is 0.360. The van der Waals surface area contributed by atoms with Crippen molar-refractivity contribution in [3.8, 4) is 5.75 Å². The molecule has 0 aliphatic carbocycles. The van der Waals surface area contributed by atoms with E-state index in [0.29, 0.717) is 34.4 Å². The summed E-state index contributed by atoms with van der Waals surface area (Å²) in [6, 6.07) is 10.3. The molecule has 0 bridgehead atoms. The number of carbonyl (C=O) groups is 1. The Bertz CT molecular complexity index is 1190. The van der Waals surface area contributed by atoms with Gasteiger partial charge in [-0.3, -0.25) is 9.59 Å². The van der Waals surface area contributed by atoms with Crippen molar-refractivity contribution in [2.75, 3.05) is 33.3 Å². The predicted molar refractivity (Wildman–Crippen MR) is 121 cm³/mol. The lowest BCUT2D eigenvalue weighted by atomic mass is 9.98. The van der Waals surface area contributed by atoms with Crippen molar-refractivity contribution in [3.05, 3.63) is 75.4 Å². The second-order valence-electron chi connectivity index (χ2n) is 7.87. The number of ether oxygens (including phenoxy) is 1. The molecule has 1 unspecified atom stereocenters. The fourth-order valence-corrected chi connectivity index (χ4v) is 4.35. The highest BCUT2D eigenvalue weighted by molar-refractivity contribution is 5.99. The largest absolute Gasteiger partial charge is 0.497 e. The van der Waals surface area contributed by atoms with Crippen LogP contribution in [0.15, 0.2) is 51.7 Å². The number of fused-ring (bicyclic) bond motifs is 2. The van der Waals surface area contributed by atoms with E-state index in [4.69, 9.17) is 9.15 Å². The summed E-state index contributed by atoms with van der Waals surface area (Å²) in [5.74, 6) is -0.107. The highest BCUT2D eigenvalue weighted by Gasteiger charge is 2.42. The Morgan fingerprint density at radius 1 is 1.09 bits per heavy atom. The van der Waals surface area contributed by atoms with Crippen LogP contribution in [0.1, 0.15) is 48.0 Å². The summed E-state index contributed by atoms with van der Waals surface area (Å²) in [6.07, 6.45) is 0.751. The maximum Gasteiger partial charge on any atom is 0.290 e. The zero-order valence-corrected chi connectivity index (χ0v) is 18.6. The number of carbonyl (C=O) groups excluding carboxylic acids is 1. The standard InChI is InChI=1S/C25H27FN2O4/c1-4-27(5-2)13-6-14-28-22(16-7-9-17(26)10-8-16)21-23(29)19-12-11-18(31-3)15-20(19)32-24(21)25(28)30/h7-12,15,22H,4-6,13-14H2,1-3H3. The van der Waals surface area contributed by atoms with Crippen molar-refractivity contribution in [2.45, 2.75) is 26.3 Å². The third-order valence-corrected chi connectivity index (χ3v) is 6.13. The molecule has 2 heterocycles. The third kappa shape index (κ3) is 3.88. The zero-order chi connectivity index (χ0) is 22.8. The minimum absolute atomic E-state index is 0.0490. The Hall–Kier alpha value is -3.19. The molecule has 0 saturated heterocycles. The van der Waals surface area contributed by atoms with Crippen LogP contribution < -0.4 is 10.2 Å². The summed E-state index contributed by atoms with van der Waals surface area (Å²) in [7, 11) is 1.53. The summed E-state index contributed by atoms with van der Waals surface area (Å²) in [6.45, 7) is 7.36. The van der Waals surface area contributed by atoms with E-state index in [9.17, 15) is 14.0 Å². The van der Waals surface area contributed by atoms with Gasteiger partial charge >= 0.3 is 0 Å². The molecule has 1 atom stereocenters. The van der Waals surface area contributed by atoms with Gasteiger partial charge in [0.25, 0.3) is 5.91 Å². The van der Waals surface area contributed by atoms with Gasteiger partial charge in [-0.25, -0.2) is 4.39 Å². The second kappa shape index (κ2) is 9.12. The van der Waals surface area contributed by atoms with Gasteiger partial charge in [0, 0.05) is 12.6 Å². The predicted octanol–water partition coefficient (Wildman–Crippen LogP) is 4.22. The van der Waals surface area contributed by atoms with Gasteiger partial charge < -0.3 is 19.0 Å². The molecule has 4 rings (SSSR count). The van der Waals surface area contributed by atoms with Crippen molar-refractivity contribution in [3.63, 3.8) is 0 Å². The number of hydrogen-bond donors (Lipinski definition) is 0. The molecule has 0 N–H and O–H groups in total. The first kappa shape index (κ1) is 22.0. The Labute approximate surface area is 186 Å². The summed E-state index contributed by atoms with van der Waals surface area (Å²) in [5, 5.41) is 0.384. The van der Waals surface area contributed by atoms with Crippen LogP contribution in [-0.2, 0) is 0 Å². The van der Waals surface area contributed by atoms with Crippen LogP contribution in [0.4, 0.5) is 4.39 Å². The lowest BCUT2D eigenvalue weighted by Gasteiger charge is -2.26. The molecule has 7 heteroatoms. The Balaban J connectivity index is 1.80. The van der Waals surface area contributed by atoms with Crippen LogP contribution in [-0.4, -0.2) is 49.0 Å². The van der Waals surface area contributed by atoms with E-state index < -0.39 is 6.04 Å². The van der Waals surface area contributed by atoms with Gasteiger partial charge in [0.2, 0.25) is 5.76 Å². The Kier molecular flexibility index (Phi) is 6.28. The molecule has 32 heavy (non-hydrogen) atoms. The molecule has 0 spiro atoms. The molecule has 3 aromatic rings. The van der Waals surface area contributed by atoms with Gasteiger partial charge in [-0.1, -0.05) is 26.0 Å². The van der Waals surface area contributed by atoms with Gasteiger partial charge in [-0.05, 0) is 55.9 Å². The van der Waals surface area contributed by atoms with Crippen LogP contribution in [0, 0.1) is 5.82 Å². The van der Waals surface area contributed by atoms with Crippen LogP contribution in [0.5, 0.6) is 5.75 Å². The van der Waals surface area contributed by atoms with E-state index in [2.05, 4.69) is 18.7 Å². The number of halogens is 1. The van der Waals surface area contributed by atoms with Crippen LogP contribution in [0.3, 0.4) is 0 Å². The second-order valence-corrected chi connectivity index (χ2v) is 7.87. The van der Waals surface area contributed by atoms with E-state index in [1.54, 1.807) is 35.2 Å². The quantitative estimate of drug-likeness (QED) is 0.527. The average molecular weight is 438 g/mol. The van der Waals surface area contributed by atoms with Crippen molar-refractivity contribution < 1.29 is 18.3 Å². The monoisotopic (exact) mass is 438 g/mol. The lowest BCUT2D eigenvalue weighted by molar-refractivity contribution is 0.0720. The van der Waals surface area contributed by atoms with Crippen molar-refractivity contribution >= 4 is 16.9 Å². The summed E-state index contributed by atoms with van der Waals surface area (Å²) in [4.78, 5) is 30.8. The lowest BCUT2D eigenvalue weighted by Crippen LogP contribution is -2.33. The highest BCUT2D eigenvalue weighted by Crippen LogP contribution is 2.38. The van der Waals surface area contributed by atoms with E-state index in [0.717, 1.165) is 26.1 Å². The smallest absolute Gasteiger partial charge is 0.290 e. The number of nitrogens with zero attached hydrogens (tertiary/aromatic N) is 2. The Morgan fingerprint density at radius 3 is 2.47 bits per heavy atom. The molecule has 1 amide bonds. The van der Waals surface area contributed by atoms with Gasteiger partial charge in [0.1, 0.15) is 17.1 Å². The molecule has 1 aliphatic heterocycles. The van der Waals surface area contributed by atoms with E-state index in [1.807, 2.05) is 0 Å². The number of methoxy groups -OCH3 is 1. The molecule has 6 nitrogen and oxygen atoms in total. The molecule has 1 aliphatic rings. The molecule has 0 fully saturated rings. The van der Waals surface area contributed by atoms with E-state index in [1.165, 1.54) is 19.2 Å². The maximum absolute atomic E-state index is 13.6. The van der Waals surface area contributed by atoms with Crippen LogP contribution >= 0.6 is 0 Å². The average Bonchev–Trinajstić information content (AvgIpc) is 3.09. The van der Waals surface area contributed by atoms with Crippen molar-refractivity contribution in [1.82, 2.24) is 9.80 Å². The molecule has 1 aromatic heterocycles. The van der Waals surface area contributed by atoms with E-state index >= 15 is 0 Å². The van der Waals surface area contributed by atoms with Gasteiger partial charge in [-0.15, -0.1) is 0 Å². The van der Waals surface area contributed by atoms with Gasteiger partial charge in [-0.2, -0.15) is 0 Å². The summed E-state index contributed by atoms with van der Waals surface area (Å²) < 4.78 is 24.8. The number of amides is 1. The normalized spacial score (nSPS) is 15.6. The van der Waals surface area contributed by atoms with Crippen molar-refractivity contribution in [1.29, 1.82) is 0 Å². The van der Waals surface area contributed by atoms with Gasteiger partial charge in [0.05, 0.1) is 24.1 Å². The number of benzene rings is 2. The Morgan fingerprint density at radius 2 is 1.81 bits per heavy atom. The molecule has 0 saturated carbocycles. The minimum Gasteiger partial charge on any atom is -0.497 e. The molecule has 2 aromatic carbocycles. The van der Waals surface area contributed by atoms with Crippen molar-refractivity contribution in [2.24, 2.45) is 0 Å². The summed E-state index contributed by atoms with van der Waals surface area (Å²) in [5.41, 5.74) is 1.05. The molecular weight excluding hydrogens is 411 g/mol. The first-order valence-corrected chi connectivity index (χ1v) is 10.9. The zero-order valence-electron chi connectivity index (χ0n) is 18.6. The molecular formula is C25H27FN2O4. The van der Waals surface area contributed by atoms with E-state index in [-0.39, 0.29) is 22.9 Å². The first-order chi connectivity index (χ1) is 15.5.